The molecule has 0 aliphatic carbocycles. The molecule has 0 radical (unpaired) electrons. The van der Waals surface area contributed by atoms with Gasteiger partial charge in [-0.25, -0.2) is 29.4 Å². The van der Waals surface area contributed by atoms with E-state index < -0.39 is 0 Å². The number of isocyanates is 3. The number of benzene rings is 1. The molecule has 0 heterocycles. The standard InChI is InChI=1S/C18H21N3O3/c22-13-19-7-1-4-16-10-17(5-2-8-20-14-23)12-18(11-16)6-3-9-21-15-24/h10-12H,1-9H2. The van der Waals surface area contributed by atoms with Crippen molar-refractivity contribution in [3.63, 3.8) is 0 Å². The lowest BCUT2D eigenvalue weighted by molar-refractivity contribution is 0.561. The van der Waals surface area contributed by atoms with Crippen molar-refractivity contribution in [1.82, 2.24) is 0 Å². The molecule has 126 valence electrons. The number of aryl methyl sites for hydroxylation is 3. The van der Waals surface area contributed by atoms with Crippen molar-refractivity contribution in [1.29, 1.82) is 0 Å². The summed E-state index contributed by atoms with van der Waals surface area (Å²) in [7, 11) is 0. The molecule has 0 amide bonds. The average Bonchev–Trinajstić information content (AvgIpc) is 2.59. The predicted molar refractivity (Wildman–Crippen MR) is 90.4 cm³/mol. The third-order valence-corrected chi connectivity index (χ3v) is 3.51. The first-order valence-electron chi connectivity index (χ1n) is 8.02. The summed E-state index contributed by atoms with van der Waals surface area (Å²) in [4.78, 5) is 41.0. The first kappa shape index (κ1) is 19.4. The summed E-state index contributed by atoms with van der Waals surface area (Å²) in [6, 6.07) is 6.42. The van der Waals surface area contributed by atoms with E-state index >= 15 is 0 Å². The Hall–Kier alpha value is -2.64. The number of nitrogens with zero attached hydrogens (tertiary/aromatic N) is 3. The summed E-state index contributed by atoms with van der Waals surface area (Å²) in [5.41, 5.74) is 3.59. The highest BCUT2D eigenvalue weighted by Gasteiger charge is 2.03. The highest BCUT2D eigenvalue weighted by molar-refractivity contribution is 5.34. The van der Waals surface area contributed by atoms with Gasteiger partial charge in [0.1, 0.15) is 0 Å². The highest BCUT2D eigenvalue weighted by Crippen LogP contribution is 2.16. The summed E-state index contributed by atoms with van der Waals surface area (Å²) in [5, 5.41) is 0. The molecule has 0 N–H and O–H groups in total. The predicted octanol–water partition coefficient (Wildman–Crippen LogP) is 2.49. The van der Waals surface area contributed by atoms with Crippen molar-refractivity contribution in [2.75, 3.05) is 19.6 Å². The minimum Gasteiger partial charge on any atom is -0.211 e. The van der Waals surface area contributed by atoms with Gasteiger partial charge in [-0.1, -0.05) is 18.2 Å². The minimum absolute atomic E-state index is 0.477. The van der Waals surface area contributed by atoms with Crippen molar-refractivity contribution in [2.24, 2.45) is 15.0 Å². The molecule has 0 fully saturated rings. The van der Waals surface area contributed by atoms with Gasteiger partial charge in [0.15, 0.2) is 0 Å². The largest absolute Gasteiger partial charge is 0.234 e. The molecule has 0 spiro atoms. The molecule has 1 aromatic rings. The van der Waals surface area contributed by atoms with Crippen molar-refractivity contribution in [2.45, 2.75) is 38.5 Å². The Bertz CT molecular complexity index is 551. The number of carbonyl (C=O) groups excluding carboxylic acids is 3. The van der Waals surface area contributed by atoms with E-state index in [-0.39, 0.29) is 0 Å². The van der Waals surface area contributed by atoms with E-state index in [0.29, 0.717) is 19.6 Å². The zero-order valence-corrected chi connectivity index (χ0v) is 13.7. The Kier molecular flexibility index (Phi) is 10.4. The van der Waals surface area contributed by atoms with Gasteiger partial charge in [0.25, 0.3) is 0 Å². The zero-order valence-electron chi connectivity index (χ0n) is 13.7. The van der Waals surface area contributed by atoms with Crippen LogP contribution in [-0.4, -0.2) is 37.9 Å². The van der Waals surface area contributed by atoms with Gasteiger partial charge in [0.05, 0.1) is 19.6 Å². The van der Waals surface area contributed by atoms with Crippen molar-refractivity contribution in [3.8, 4) is 0 Å². The van der Waals surface area contributed by atoms with E-state index in [1.165, 1.54) is 16.7 Å². The number of hydrogen-bond donors (Lipinski definition) is 0. The van der Waals surface area contributed by atoms with Crippen LogP contribution in [0.1, 0.15) is 36.0 Å². The van der Waals surface area contributed by atoms with Crippen LogP contribution in [0.25, 0.3) is 0 Å². The molecule has 0 unspecified atom stereocenters. The van der Waals surface area contributed by atoms with Crippen LogP contribution in [0.2, 0.25) is 0 Å². The Morgan fingerprint density at radius 2 is 0.875 bits per heavy atom. The molecule has 1 aromatic carbocycles. The van der Waals surface area contributed by atoms with Gasteiger partial charge in [0.2, 0.25) is 18.2 Å². The van der Waals surface area contributed by atoms with Crippen LogP contribution < -0.4 is 0 Å². The maximum absolute atomic E-state index is 10.1. The normalized spacial score (nSPS) is 9.50. The van der Waals surface area contributed by atoms with Gasteiger partial charge in [-0.3, -0.25) is 0 Å². The van der Waals surface area contributed by atoms with Crippen LogP contribution in [0.15, 0.2) is 33.2 Å². The summed E-state index contributed by atoms with van der Waals surface area (Å²) < 4.78 is 0. The van der Waals surface area contributed by atoms with Crippen LogP contribution >= 0.6 is 0 Å². The zero-order chi connectivity index (χ0) is 17.5. The third kappa shape index (κ3) is 8.72. The van der Waals surface area contributed by atoms with E-state index in [2.05, 4.69) is 33.2 Å². The van der Waals surface area contributed by atoms with Gasteiger partial charge in [-0.2, -0.15) is 0 Å². The van der Waals surface area contributed by atoms with E-state index in [1.54, 1.807) is 18.2 Å². The van der Waals surface area contributed by atoms with Gasteiger partial charge >= 0.3 is 0 Å². The summed E-state index contributed by atoms with van der Waals surface area (Å²) in [5.74, 6) is 0. The lowest BCUT2D eigenvalue weighted by atomic mass is 9.97. The van der Waals surface area contributed by atoms with Gasteiger partial charge in [0, 0.05) is 0 Å². The fourth-order valence-corrected chi connectivity index (χ4v) is 2.50. The maximum Gasteiger partial charge on any atom is 0.234 e. The van der Waals surface area contributed by atoms with Crippen LogP contribution in [-0.2, 0) is 33.6 Å². The molecule has 6 nitrogen and oxygen atoms in total. The molecule has 0 aliphatic rings. The van der Waals surface area contributed by atoms with E-state index in [9.17, 15) is 14.4 Å². The molecule has 0 bridgehead atoms. The van der Waals surface area contributed by atoms with Crippen LogP contribution in [0, 0.1) is 0 Å². The second-order valence-electron chi connectivity index (χ2n) is 5.39. The average molecular weight is 327 g/mol. The van der Waals surface area contributed by atoms with Crippen LogP contribution in [0.4, 0.5) is 0 Å². The Morgan fingerprint density at radius 3 is 1.12 bits per heavy atom. The molecule has 0 aliphatic heterocycles. The molecule has 0 saturated heterocycles. The molecule has 24 heavy (non-hydrogen) atoms. The van der Waals surface area contributed by atoms with Gasteiger partial charge in [-0.15, -0.1) is 0 Å². The topological polar surface area (TPSA) is 88.3 Å². The molecular weight excluding hydrogens is 306 g/mol. The van der Waals surface area contributed by atoms with Crippen molar-refractivity contribution >= 4 is 18.2 Å². The first-order chi connectivity index (χ1) is 11.8. The van der Waals surface area contributed by atoms with E-state index in [4.69, 9.17) is 0 Å². The Balaban J connectivity index is 2.72. The Morgan fingerprint density at radius 1 is 0.583 bits per heavy atom. The lowest BCUT2D eigenvalue weighted by Crippen LogP contribution is -1.98. The second-order valence-corrected chi connectivity index (χ2v) is 5.39. The number of rotatable bonds is 12. The van der Waals surface area contributed by atoms with Gasteiger partial charge in [-0.05, 0) is 55.2 Å². The Labute approximate surface area is 141 Å². The van der Waals surface area contributed by atoms with Gasteiger partial charge < -0.3 is 0 Å². The smallest absolute Gasteiger partial charge is 0.211 e. The molecule has 6 heteroatoms. The molecule has 0 aromatic heterocycles. The molecule has 1 rings (SSSR count). The fourth-order valence-electron chi connectivity index (χ4n) is 2.50. The quantitative estimate of drug-likeness (QED) is 0.336. The molecular formula is C18H21N3O3. The van der Waals surface area contributed by atoms with Crippen LogP contribution in [0.5, 0.6) is 0 Å². The molecule has 0 atom stereocenters. The SMILES string of the molecule is O=C=NCCCc1cc(CCCN=C=O)cc(CCCN=C=O)c1. The summed E-state index contributed by atoms with van der Waals surface area (Å²) >= 11 is 0. The maximum atomic E-state index is 10.1. The third-order valence-electron chi connectivity index (χ3n) is 3.51. The van der Waals surface area contributed by atoms with Crippen molar-refractivity contribution < 1.29 is 14.4 Å². The monoisotopic (exact) mass is 327 g/mol. The first-order valence-corrected chi connectivity index (χ1v) is 8.02. The fraction of sp³-hybridized carbons (Fsp3) is 0.500. The van der Waals surface area contributed by atoms with E-state index in [0.717, 1.165) is 38.5 Å². The van der Waals surface area contributed by atoms with Crippen LogP contribution in [0.3, 0.4) is 0 Å². The number of hydrogen-bond acceptors (Lipinski definition) is 6. The minimum atomic E-state index is 0.477. The second kappa shape index (κ2) is 12.9. The molecule has 0 saturated carbocycles. The summed E-state index contributed by atoms with van der Waals surface area (Å²) in [6.45, 7) is 1.43. The van der Waals surface area contributed by atoms with Crippen molar-refractivity contribution in [3.05, 3.63) is 34.9 Å². The van der Waals surface area contributed by atoms with E-state index in [1.807, 2.05) is 0 Å². The number of aliphatic imine (C=N–C) groups is 3. The lowest BCUT2D eigenvalue weighted by Gasteiger charge is -2.09. The highest BCUT2D eigenvalue weighted by atomic mass is 16.1. The summed E-state index contributed by atoms with van der Waals surface area (Å²) in [6.07, 6.45) is 9.54.